The van der Waals surface area contributed by atoms with Gasteiger partial charge in [0, 0.05) is 31.1 Å². The topological polar surface area (TPSA) is 74.3 Å². The fraction of sp³-hybridized carbons (Fsp3) is 0.227. The third-order valence-electron chi connectivity index (χ3n) is 4.96. The second-order valence-electron chi connectivity index (χ2n) is 6.89. The number of hydrogen-bond acceptors (Lipinski definition) is 3. The largest absolute Gasteiger partial charge is 0.340 e. The van der Waals surface area contributed by atoms with Crippen LogP contribution in [0.5, 0.6) is 0 Å². The van der Waals surface area contributed by atoms with Crippen molar-refractivity contribution < 1.29 is 9.59 Å². The quantitative estimate of drug-likeness (QED) is 0.715. The van der Waals surface area contributed by atoms with Gasteiger partial charge in [-0.2, -0.15) is 0 Å². The first kappa shape index (κ1) is 18.0. The highest BCUT2D eigenvalue weighted by atomic mass is 16.2. The highest BCUT2D eigenvalue weighted by Gasteiger charge is 2.25. The molecule has 6 nitrogen and oxygen atoms in total. The van der Waals surface area contributed by atoms with Crippen molar-refractivity contribution in [1.29, 1.82) is 0 Å². The first-order valence-electron chi connectivity index (χ1n) is 9.45. The predicted octanol–water partition coefficient (Wildman–Crippen LogP) is 3.72. The molecule has 0 spiro atoms. The Hall–Kier alpha value is -3.41. The van der Waals surface area contributed by atoms with Gasteiger partial charge >= 0.3 is 6.03 Å². The van der Waals surface area contributed by atoms with Crippen LogP contribution in [0.25, 0.3) is 10.9 Å². The normalized spacial score (nSPS) is 14.9. The lowest BCUT2D eigenvalue weighted by molar-refractivity contribution is -0.128. The van der Waals surface area contributed by atoms with Crippen LogP contribution in [0.4, 0.5) is 10.5 Å². The average molecular weight is 374 g/mol. The summed E-state index contributed by atoms with van der Waals surface area (Å²) >= 11 is 0. The van der Waals surface area contributed by atoms with Gasteiger partial charge in [-0.3, -0.25) is 9.78 Å². The van der Waals surface area contributed by atoms with Crippen LogP contribution < -0.4 is 10.6 Å². The summed E-state index contributed by atoms with van der Waals surface area (Å²) in [4.78, 5) is 31.0. The summed E-state index contributed by atoms with van der Waals surface area (Å²) in [5.74, 6) is 0.140. The van der Waals surface area contributed by atoms with Crippen molar-refractivity contribution in [2.45, 2.75) is 18.9 Å². The van der Waals surface area contributed by atoms with Gasteiger partial charge < -0.3 is 15.5 Å². The van der Waals surface area contributed by atoms with Gasteiger partial charge in [-0.15, -0.1) is 0 Å². The molecule has 0 saturated carbocycles. The zero-order chi connectivity index (χ0) is 19.3. The number of urea groups is 1. The Morgan fingerprint density at radius 3 is 2.68 bits per heavy atom. The number of para-hydroxylation sites is 1. The van der Waals surface area contributed by atoms with E-state index in [1.807, 2.05) is 65.6 Å². The average Bonchev–Trinajstić information content (AvgIpc) is 3.13. The number of likely N-dealkylation sites (tertiary alicyclic amines) is 1. The number of anilines is 1. The van der Waals surface area contributed by atoms with Gasteiger partial charge in [0.2, 0.25) is 5.91 Å². The van der Waals surface area contributed by atoms with E-state index in [0.29, 0.717) is 18.7 Å². The smallest absolute Gasteiger partial charge is 0.319 e. The Kier molecular flexibility index (Phi) is 5.19. The summed E-state index contributed by atoms with van der Waals surface area (Å²) in [6, 6.07) is 18.6. The molecule has 0 radical (unpaired) electrons. The minimum absolute atomic E-state index is 0.140. The molecule has 0 aliphatic carbocycles. The molecule has 6 heteroatoms. The van der Waals surface area contributed by atoms with Crippen molar-refractivity contribution in [3.05, 3.63) is 72.4 Å². The SMILES string of the molecule is O=C(Nc1cccc2cccnc12)NC(CN1CCCC1=O)c1ccccc1. The van der Waals surface area contributed by atoms with Gasteiger partial charge in [0.05, 0.1) is 17.2 Å². The number of pyridine rings is 1. The highest BCUT2D eigenvalue weighted by Crippen LogP contribution is 2.22. The van der Waals surface area contributed by atoms with E-state index in [0.717, 1.165) is 29.4 Å². The second kappa shape index (κ2) is 8.08. The number of benzene rings is 2. The third-order valence-corrected chi connectivity index (χ3v) is 4.96. The minimum atomic E-state index is -0.321. The number of carbonyl (C=O) groups excluding carboxylic acids is 2. The molecule has 28 heavy (non-hydrogen) atoms. The zero-order valence-corrected chi connectivity index (χ0v) is 15.5. The van der Waals surface area contributed by atoms with Crippen molar-refractivity contribution in [1.82, 2.24) is 15.2 Å². The van der Waals surface area contributed by atoms with E-state index in [1.165, 1.54) is 0 Å². The number of hydrogen-bond donors (Lipinski definition) is 2. The van der Waals surface area contributed by atoms with E-state index in [-0.39, 0.29) is 18.0 Å². The maximum atomic E-state index is 12.7. The van der Waals surface area contributed by atoms with E-state index in [2.05, 4.69) is 15.6 Å². The predicted molar refractivity (Wildman–Crippen MR) is 109 cm³/mol. The first-order valence-corrected chi connectivity index (χ1v) is 9.45. The van der Waals surface area contributed by atoms with E-state index in [1.54, 1.807) is 6.20 Å². The Bertz CT molecular complexity index is 985. The van der Waals surface area contributed by atoms with Crippen LogP contribution in [0.15, 0.2) is 66.9 Å². The van der Waals surface area contributed by atoms with Crippen molar-refractivity contribution in [3.63, 3.8) is 0 Å². The molecule has 2 N–H and O–H groups in total. The molecule has 3 aromatic rings. The Labute approximate surface area is 163 Å². The van der Waals surface area contributed by atoms with E-state index in [9.17, 15) is 9.59 Å². The van der Waals surface area contributed by atoms with Gasteiger partial charge in [0.25, 0.3) is 0 Å². The second-order valence-corrected chi connectivity index (χ2v) is 6.89. The van der Waals surface area contributed by atoms with E-state index in [4.69, 9.17) is 0 Å². The zero-order valence-electron chi connectivity index (χ0n) is 15.5. The molecule has 0 bridgehead atoms. The number of rotatable bonds is 5. The van der Waals surface area contributed by atoms with Crippen LogP contribution in [0.3, 0.4) is 0 Å². The Morgan fingerprint density at radius 1 is 1.07 bits per heavy atom. The highest BCUT2D eigenvalue weighted by molar-refractivity contribution is 5.99. The lowest BCUT2D eigenvalue weighted by atomic mass is 10.1. The number of nitrogens with zero attached hydrogens (tertiary/aromatic N) is 2. The number of aromatic nitrogens is 1. The van der Waals surface area contributed by atoms with E-state index < -0.39 is 0 Å². The van der Waals surface area contributed by atoms with E-state index >= 15 is 0 Å². The van der Waals surface area contributed by atoms with Crippen molar-refractivity contribution in [2.24, 2.45) is 0 Å². The summed E-state index contributed by atoms with van der Waals surface area (Å²) in [5.41, 5.74) is 2.36. The Morgan fingerprint density at radius 2 is 1.89 bits per heavy atom. The molecular formula is C22H22N4O2. The molecule has 2 aromatic carbocycles. The van der Waals surface area contributed by atoms with Gasteiger partial charge in [-0.25, -0.2) is 4.79 Å². The van der Waals surface area contributed by atoms with Gasteiger partial charge in [0.1, 0.15) is 0 Å². The van der Waals surface area contributed by atoms with Crippen LogP contribution >= 0.6 is 0 Å². The molecule has 2 heterocycles. The van der Waals surface area contributed by atoms with Gasteiger partial charge in [-0.05, 0) is 24.1 Å². The monoisotopic (exact) mass is 374 g/mol. The van der Waals surface area contributed by atoms with Crippen molar-refractivity contribution >= 4 is 28.5 Å². The van der Waals surface area contributed by atoms with Crippen LogP contribution in [0.1, 0.15) is 24.4 Å². The molecule has 1 atom stereocenters. The van der Waals surface area contributed by atoms with Gasteiger partial charge in [0.15, 0.2) is 0 Å². The lowest BCUT2D eigenvalue weighted by Crippen LogP contribution is -2.40. The maximum absolute atomic E-state index is 12.7. The molecule has 1 saturated heterocycles. The molecule has 1 aliphatic rings. The van der Waals surface area contributed by atoms with Crippen LogP contribution in [0, 0.1) is 0 Å². The fourth-order valence-electron chi connectivity index (χ4n) is 3.56. The molecule has 3 amide bonds. The van der Waals surface area contributed by atoms with Crippen LogP contribution in [-0.2, 0) is 4.79 Å². The number of fused-ring (bicyclic) bond motifs is 1. The molecule has 4 rings (SSSR count). The molecule has 1 aliphatic heterocycles. The summed E-state index contributed by atoms with van der Waals surface area (Å²) in [7, 11) is 0. The lowest BCUT2D eigenvalue weighted by Gasteiger charge is -2.25. The standard InChI is InChI=1S/C22H22N4O2/c27-20-12-6-14-26(20)15-19(16-7-2-1-3-8-16)25-22(28)24-18-11-4-9-17-10-5-13-23-21(17)18/h1-5,7-11,13,19H,6,12,14-15H2,(H2,24,25,28). The molecule has 1 aromatic heterocycles. The number of amides is 3. The number of carbonyl (C=O) groups is 2. The molecule has 1 unspecified atom stereocenters. The van der Waals surface area contributed by atoms with Gasteiger partial charge in [-0.1, -0.05) is 48.5 Å². The van der Waals surface area contributed by atoms with Crippen LogP contribution in [0.2, 0.25) is 0 Å². The summed E-state index contributed by atoms with van der Waals surface area (Å²) in [6.07, 6.45) is 3.15. The molecular weight excluding hydrogens is 352 g/mol. The van der Waals surface area contributed by atoms with Crippen molar-refractivity contribution in [3.8, 4) is 0 Å². The summed E-state index contributed by atoms with van der Waals surface area (Å²) in [5, 5.41) is 6.89. The third kappa shape index (κ3) is 3.96. The number of nitrogens with one attached hydrogen (secondary N) is 2. The first-order chi connectivity index (χ1) is 13.7. The maximum Gasteiger partial charge on any atom is 0.319 e. The van der Waals surface area contributed by atoms with Crippen LogP contribution in [-0.4, -0.2) is 34.9 Å². The summed E-state index contributed by atoms with van der Waals surface area (Å²) in [6.45, 7) is 1.20. The Balaban J connectivity index is 1.52. The van der Waals surface area contributed by atoms with Crippen molar-refractivity contribution in [2.75, 3.05) is 18.4 Å². The summed E-state index contributed by atoms with van der Waals surface area (Å²) < 4.78 is 0. The molecule has 1 fully saturated rings. The molecule has 142 valence electrons. The fourth-order valence-corrected chi connectivity index (χ4v) is 3.56. The minimum Gasteiger partial charge on any atom is -0.340 e.